The van der Waals surface area contributed by atoms with Crippen molar-refractivity contribution in [2.24, 2.45) is 0 Å². The van der Waals surface area contributed by atoms with E-state index in [1.54, 1.807) is 0 Å². The first-order valence-corrected chi connectivity index (χ1v) is 11.8. The molecule has 4 nitrogen and oxygen atoms in total. The number of hydrogen-bond acceptors (Lipinski definition) is 4. The molecule has 1 N–H and O–H groups in total. The summed E-state index contributed by atoms with van der Waals surface area (Å²) in [7, 11) is 4.33. The van der Waals surface area contributed by atoms with Gasteiger partial charge in [-0.2, -0.15) is 0 Å². The van der Waals surface area contributed by atoms with Crippen molar-refractivity contribution in [3.8, 4) is 11.1 Å². The molecule has 0 radical (unpaired) electrons. The van der Waals surface area contributed by atoms with Crippen molar-refractivity contribution < 1.29 is 0 Å². The predicted octanol–water partition coefficient (Wildman–Crippen LogP) is 6.75. The highest BCUT2D eigenvalue weighted by molar-refractivity contribution is 6.31. The minimum atomic E-state index is 0.628. The molecule has 0 aliphatic carbocycles. The topological polar surface area (TPSA) is 31.4 Å². The van der Waals surface area contributed by atoms with Crippen LogP contribution in [0, 0.1) is 6.92 Å². The first-order chi connectivity index (χ1) is 16.0. The van der Waals surface area contributed by atoms with Crippen molar-refractivity contribution in [3.05, 3.63) is 83.5 Å². The normalized spacial score (nSPS) is 16.0. The second kappa shape index (κ2) is 9.05. The Kier molecular flexibility index (Phi) is 5.96. The lowest BCUT2D eigenvalue weighted by atomic mass is 10.0. The van der Waals surface area contributed by atoms with Gasteiger partial charge in [0.15, 0.2) is 0 Å². The lowest BCUT2D eigenvalue weighted by molar-refractivity contribution is 0.315. The van der Waals surface area contributed by atoms with Crippen molar-refractivity contribution in [2.75, 3.05) is 37.4 Å². The fourth-order valence-electron chi connectivity index (χ4n) is 4.52. The van der Waals surface area contributed by atoms with E-state index in [9.17, 15) is 0 Å². The summed E-state index contributed by atoms with van der Waals surface area (Å²) in [5, 5.41) is 5.47. The van der Waals surface area contributed by atoms with Crippen LogP contribution in [0.5, 0.6) is 0 Å². The molecular formula is C28H29ClN4. The fraction of sp³-hybridized carbons (Fsp3) is 0.250. The Morgan fingerprint density at radius 3 is 2.45 bits per heavy atom. The van der Waals surface area contributed by atoms with Crippen LogP contribution in [0.15, 0.2) is 72.9 Å². The van der Waals surface area contributed by atoms with Crippen LogP contribution >= 0.6 is 11.6 Å². The summed E-state index contributed by atoms with van der Waals surface area (Å²) in [4.78, 5) is 9.35. The number of fused-ring (bicyclic) bond motifs is 1. The van der Waals surface area contributed by atoms with E-state index in [1.807, 2.05) is 25.3 Å². The number of aromatic nitrogens is 1. The number of aryl methyl sites for hydroxylation is 1. The summed E-state index contributed by atoms with van der Waals surface area (Å²) in [5.41, 5.74) is 7.67. The smallest absolute Gasteiger partial charge is 0.0723 e. The largest absolute Gasteiger partial charge is 0.370 e. The molecule has 4 aromatic rings. The number of nitrogens with zero attached hydrogens (tertiary/aromatic N) is 3. The van der Waals surface area contributed by atoms with Crippen LogP contribution in [-0.4, -0.2) is 43.1 Å². The Balaban J connectivity index is 1.40. The molecule has 33 heavy (non-hydrogen) atoms. The van der Waals surface area contributed by atoms with Crippen molar-refractivity contribution in [3.63, 3.8) is 0 Å². The Hall–Kier alpha value is -3.08. The zero-order valence-electron chi connectivity index (χ0n) is 19.3. The SMILES string of the molecule is Cc1ccc(-c2ccc3nccc(Nc4ccc(N5CCC(N(C)C)C5)cc4)c3c2)cc1Cl. The molecular weight excluding hydrogens is 428 g/mol. The molecule has 1 aliphatic rings. The zero-order chi connectivity index (χ0) is 22.9. The quantitative estimate of drug-likeness (QED) is 0.360. The number of likely N-dealkylation sites (N-methyl/N-ethyl adjacent to an activating group) is 1. The molecule has 0 amide bonds. The van der Waals surface area contributed by atoms with E-state index in [0.717, 1.165) is 57.1 Å². The molecule has 1 atom stereocenters. The number of anilines is 3. The van der Waals surface area contributed by atoms with Crippen molar-refractivity contribution >= 4 is 39.6 Å². The predicted molar refractivity (Wildman–Crippen MR) is 141 cm³/mol. The van der Waals surface area contributed by atoms with E-state index in [1.165, 1.54) is 12.1 Å². The van der Waals surface area contributed by atoms with Crippen LogP contribution in [0.25, 0.3) is 22.0 Å². The Labute approximate surface area is 200 Å². The van der Waals surface area contributed by atoms with E-state index in [4.69, 9.17) is 11.6 Å². The average molecular weight is 457 g/mol. The third kappa shape index (κ3) is 4.54. The maximum Gasteiger partial charge on any atom is 0.0723 e. The molecule has 1 aliphatic heterocycles. The molecule has 168 valence electrons. The van der Waals surface area contributed by atoms with E-state index in [0.29, 0.717) is 6.04 Å². The zero-order valence-corrected chi connectivity index (χ0v) is 20.1. The Morgan fingerprint density at radius 2 is 1.73 bits per heavy atom. The summed E-state index contributed by atoms with van der Waals surface area (Å²) in [6, 6.07) is 24.0. The van der Waals surface area contributed by atoms with Gasteiger partial charge in [-0.05, 0) is 92.7 Å². The average Bonchev–Trinajstić information content (AvgIpc) is 3.32. The van der Waals surface area contributed by atoms with E-state index < -0.39 is 0 Å². The first-order valence-electron chi connectivity index (χ1n) is 11.4. The summed E-state index contributed by atoms with van der Waals surface area (Å²) in [6.07, 6.45) is 3.07. The Morgan fingerprint density at radius 1 is 0.970 bits per heavy atom. The molecule has 0 spiro atoms. The summed E-state index contributed by atoms with van der Waals surface area (Å²) < 4.78 is 0. The highest BCUT2D eigenvalue weighted by Gasteiger charge is 2.23. The van der Waals surface area contributed by atoms with Gasteiger partial charge < -0.3 is 15.1 Å². The van der Waals surface area contributed by atoms with Gasteiger partial charge in [0, 0.05) is 52.8 Å². The molecule has 0 bridgehead atoms. The minimum Gasteiger partial charge on any atom is -0.370 e. The van der Waals surface area contributed by atoms with Gasteiger partial charge in [0.05, 0.1) is 5.52 Å². The summed E-state index contributed by atoms with van der Waals surface area (Å²) >= 11 is 6.37. The lowest BCUT2D eigenvalue weighted by Gasteiger charge is -2.22. The number of pyridine rings is 1. The maximum absolute atomic E-state index is 6.37. The number of rotatable bonds is 5. The standard InChI is InChI=1S/C28H29ClN4/c1-19-4-5-21(17-26(19)29)20-6-11-27-25(16-20)28(12-14-30-27)31-22-7-9-23(10-8-22)33-15-13-24(18-33)32(2)3/h4-12,14,16-17,24H,13,15,18H2,1-3H3,(H,30,31). The molecule has 5 rings (SSSR count). The highest BCUT2D eigenvalue weighted by Crippen LogP contribution is 2.32. The van der Waals surface area contributed by atoms with Gasteiger partial charge in [0.2, 0.25) is 0 Å². The van der Waals surface area contributed by atoms with E-state index in [-0.39, 0.29) is 0 Å². The molecule has 1 fully saturated rings. The fourth-order valence-corrected chi connectivity index (χ4v) is 4.70. The third-order valence-corrected chi connectivity index (χ3v) is 7.06. The van der Waals surface area contributed by atoms with E-state index >= 15 is 0 Å². The van der Waals surface area contributed by atoms with Crippen LogP contribution in [-0.2, 0) is 0 Å². The summed E-state index contributed by atoms with van der Waals surface area (Å²) in [5.74, 6) is 0. The van der Waals surface area contributed by atoms with Gasteiger partial charge in [-0.15, -0.1) is 0 Å². The van der Waals surface area contributed by atoms with Gasteiger partial charge in [0.25, 0.3) is 0 Å². The van der Waals surface area contributed by atoms with Gasteiger partial charge in [-0.25, -0.2) is 0 Å². The van der Waals surface area contributed by atoms with Crippen LogP contribution in [0.4, 0.5) is 17.1 Å². The van der Waals surface area contributed by atoms with Gasteiger partial charge >= 0.3 is 0 Å². The molecule has 1 aromatic heterocycles. The van der Waals surface area contributed by atoms with Crippen LogP contribution in [0.2, 0.25) is 5.02 Å². The second-order valence-corrected chi connectivity index (χ2v) is 9.49. The molecule has 5 heteroatoms. The van der Waals surface area contributed by atoms with Crippen LogP contribution in [0.3, 0.4) is 0 Å². The first kappa shape index (κ1) is 21.7. The van der Waals surface area contributed by atoms with Gasteiger partial charge in [-0.1, -0.05) is 29.8 Å². The monoisotopic (exact) mass is 456 g/mol. The molecule has 1 saturated heterocycles. The third-order valence-electron chi connectivity index (χ3n) is 6.65. The molecule has 1 unspecified atom stereocenters. The van der Waals surface area contributed by atoms with Crippen LogP contribution in [0.1, 0.15) is 12.0 Å². The number of halogens is 1. The van der Waals surface area contributed by atoms with Gasteiger partial charge in [0.1, 0.15) is 0 Å². The second-order valence-electron chi connectivity index (χ2n) is 9.08. The number of nitrogens with one attached hydrogen (secondary N) is 1. The van der Waals surface area contributed by atoms with Gasteiger partial charge in [-0.3, -0.25) is 4.98 Å². The molecule has 3 aromatic carbocycles. The highest BCUT2D eigenvalue weighted by atomic mass is 35.5. The summed E-state index contributed by atoms with van der Waals surface area (Å²) in [6.45, 7) is 4.21. The Bertz CT molecular complexity index is 1280. The molecule has 0 saturated carbocycles. The van der Waals surface area contributed by atoms with E-state index in [2.05, 4.69) is 88.8 Å². The lowest BCUT2D eigenvalue weighted by Crippen LogP contribution is -2.31. The van der Waals surface area contributed by atoms with Crippen molar-refractivity contribution in [2.45, 2.75) is 19.4 Å². The van der Waals surface area contributed by atoms with Crippen molar-refractivity contribution in [1.82, 2.24) is 9.88 Å². The van der Waals surface area contributed by atoms with Crippen molar-refractivity contribution in [1.29, 1.82) is 0 Å². The maximum atomic E-state index is 6.37. The number of hydrogen-bond donors (Lipinski definition) is 1. The molecule has 2 heterocycles. The minimum absolute atomic E-state index is 0.628. The van der Waals surface area contributed by atoms with Crippen LogP contribution < -0.4 is 10.2 Å². The number of benzene rings is 3.